The topological polar surface area (TPSA) is 48.7 Å². The molecule has 0 saturated carbocycles. The first-order chi connectivity index (χ1) is 13.8. The Morgan fingerprint density at radius 3 is 2.41 bits per heavy atom. The van der Waals surface area contributed by atoms with Crippen LogP contribution >= 0.6 is 0 Å². The third-order valence-corrected chi connectivity index (χ3v) is 5.19. The van der Waals surface area contributed by atoms with E-state index in [4.69, 9.17) is 4.42 Å². The number of nitrogens with one attached hydrogen (secondary N) is 1. The number of hydrogen-bond donors (Lipinski definition) is 1. The van der Waals surface area contributed by atoms with Gasteiger partial charge in [0, 0.05) is 43.3 Å². The Balaban J connectivity index is 1.67. The first-order valence-electron chi connectivity index (χ1n) is 9.64. The van der Waals surface area contributed by atoms with Crippen LogP contribution in [0.15, 0.2) is 46.9 Å². The summed E-state index contributed by atoms with van der Waals surface area (Å²) in [6, 6.07) is 12.8. The molecule has 2 aromatic carbocycles. The van der Waals surface area contributed by atoms with E-state index < -0.39 is 0 Å². The maximum absolute atomic E-state index is 13.5. The molecule has 0 aliphatic rings. The summed E-state index contributed by atoms with van der Waals surface area (Å²) >= 11 is 0. The third-order valence-electron chi connectivity index (χ3n) is 5.19. The van der Waals surface area contributed by atoms with Gasteiger partial charge in [-0.15, -0.1) is 0 Å². The largest absolute Gasteiger partial charge is 0.453 e. The molecule has 0 aliphatic heterocycles. The van der Waals surface area contributed by atoms with Gasteiger partial charge in [0.25, 0.3) is 0 Å². The molecule has 6 heteroatoms. The Morgan fingerprint density at radius 2 is 1.79 bits per heavy atom. The Hall–Kier alpha value is -2.70. The minimum atomic E-state index is -0.340. The van der Waals surface area contributed by atoms with Crippen molar-refractivity contribution in [2.24, 2.45) is 0 Å². The lowest BCUT2D eigenvalue weighted by Gasteiger charge is -2.25. The van der Waals surface area contributed by atoms with Gasteiger partial charge in [-0.25, -0.2) is 4.39 Å². The van der Waals surface area contributed by atoms with E-state index in [0.717, 1.165) is 5.69 Å². The van der Waals surface area contributed by atoms with Crippen molar-refractivity contribution in [3.63, 3.8) is 0 Å². The van der Waals surface area contributed by atoms with Crippen LogP contribution in [0.2, 0.25) is 0 Å². The highest BCUT2D eigenvalue weighted by Gasteiger charge is 2.19. The highest BCUT2D eigenvalue weighted by Crippen LogP contribution is 2.26. The van der Waals surface area contributed by atoms with Gasteiger partial charge in [-0.3, -0.25) is 4.79 Å². The number of halogens is 1. The number of carbonyl (C=O) groups excluding carboxylic acids is 1. The van der Waals surface area contributed by atoms with Crippen LogP contribution in [0.4, 0.5) is 10.1 Å². The van der Waals surface area contributed by atoms with Gasteiger partial charge in [0.15, 0.2) is 5.76 Å². The van der Waals surface area contributed by atoms with Crippen LogP contribution in [0.25, 0.3) is 11.0 Å². The number of ketones is 1. The van der Waals surface area contributed by atoms with Crippen molar-refractivity contribution < 1.29 is 13.6 Å². The van der Waals surface area contributed by atoms with Gasteiger partial charge in [-0.2, -0.15) is 0 Å². The molecule has 1 N–H and O–H groups in total. The minimum Gasteiger partial charge on any atom is -0.453 e. The summed E-state index contributed by atoms with van der Waals surface area (Å²) in [4.78, 5) is 16.8. The summed E-state index contributed by atoms with van der Waals surface area (Å²) in [5, 5.41) is 3.89. The molecule has 0 fully saturated rings. The number of rotatable bonds is 8. The molecule has 0 bridgehead atoms. The Morgan fingerprint density at radius 1 is 1.10 bits per heavy atom. The van der Waals surface area contributed by atoms with Crippen molar-refractivity contribution in [1.82, 2.24) is 10.2 Å². The molecular weight excluding hydrogens is 369 g/mol. The van der Waals surface area contributed by atoms with Crippen molar-refractivity contribution >= 4 is 22.4 Å². The maximum atomic E-state index is 13.5. The number of Topliss-reactive ketones (excluding diaryl/α,β-unsaturated/α-hetero) is 1. The number of likely N-dealkylation sites (N-methyl/N-ethyl adjacent to an activating group) is 1. The molecular formula is C23H28FN3O2. The predicted molar refractivity (Wildman–Crippen MR) is 115 cm³/mol. The molecule has 154 valence electrons. The van der Waals surface area contributed by atoms with Gasteiger partial charge in [0.05, 0.1) is 6.54 Å². The average molecular weight is 397 g/mol. The van der Waals surface area contributed by atoms with E-state index >= 15 is 0 Å². The second kappa shape index (κ2) is 8.76. The third kappa shape index (κ3) is 4.66. The molecule has 0 spiro atoms. The van der Waals surface area contributed by atoms with Gasteiger partial charge in [-0.05, 0) is 56.9 Å². The number of furan rings is 1. The average Bonchev–Trinajstić information content (AvgIpc) is 3.01. The number of carbonyl (C=O) groups is 1. The highest BCUT2D eigenvalue weighted by atomic mass is 19.1. The molecule has 1 aromatic heterocycles. The maximum Gasteiger partial charge on any atom is 0.212 e. The van der Waals surface area contributed by atoms with Crippen LogP contribution in [-0.2, 0) is 0 Å². The van der Waals surface area contributed by atoms with Crippen LogP contribution in [0.1, 0.15) is 27.7 Å². The molecule has 1 heterocycles. The Kier molecular flexibility index (Phi) is 6.35. The Bertz CT molecular complexity index is 993. The second-order valence-corrected chi connectivity index (χ2v) is 7.72. The fraction of sp³-hybridized carbons (Fsp3) is 0.348. The van der Waals surface area contributed by atoms with Crippen molar-refractivity contribution in [2.45, 2.75) is 13.0 Å². The summed E-state index contributed by atoms with van der Waals surface area (Å²) in [6.07, 6.45) is 0. The molecule has 3 rings (SSSR count). The normalized spacial score (nSPS) is 12.5. The van der Waals surface area contributed by atoms with E-state index in [0.29, 0.717) is 23.1 Å². The smallest absolute Gasteiger partial charge is 0.212 e. The quantitative estimate of drug-likeness (QED) is 0.582. The Labute approximate surface area is 171 Å². The van der Waals surface area contributed by atoms with Gasteiger partial charge < -0.3 is 19.5 Å². The monoisotopic (exact) mass is 397 g/mol. The number of fused-ring (bicyclic) bond motifs is 1. The van der Waals surface area contributed by atoms with Crippen LogP contribution in [-0.4, -0.2) is 52.0 Å². The number of aryl methyl sites for hydroxylation is 1. The highest BCUT2D eigenvalue weighted by molar-refractivity contribution is 6.01. The standard InChI is InChI=1S/C23H28FN3O2/c1-15-19-12-17(24)8-11-22(19)29-23(15)21(28)14-25-13-20(27(4)5)16-6-9-18(10-7-16)26(2)3/h6-12,20,25H,13-14H2,1-5H3. The van der Waals surface area contributed by atoms with Crippen LogP contribution in [0.5, 0.6) is 0 Å². The van der Waals surface area contributed by atoms with E-state index in [1.165, 1.54) is 17.7 Å². The first-order valence-corrected chi connectivity index (χ1v) is 9.64. The lowest BCUT2D eigenvalue weighted by Crippen LogP contribution is -2.34. The van der Waals surface area contributed by atoms with E-state index in [2.05, 4.69) is 39.4 Å². The predicted octanol–water partition coefficient (Wildman–Crippen LogP) is 4.02. The van der Waals surface area contributed by atoms with E-state index in [9.17, 15) is 9.18 Å². The van der Waals surface area contributed by atoms with Gasteiger partial charge >= 0.3 is 0 Å². The molecule has 0 aliphatic carbocycles. The summed E-state index contributed by atoms with van der Waals surface area (Å²) in [7, 11) is 8.07. The van der Waals surface area contributed by atoms with Crippen molar-refractivity contribution in [1.29, 1.82) is 0 Å². The van der Waals surface area contributed by atoms with Gasteiger partial charge in [0.1, 0.15) is 11.4 Å². The molecule has 3 aromatic rings. The van der Waals surface area contributed by atoms with Crippen molar-refractivity contribution in [3.8, 4) is 0 Å². The molecule has 0 amide bonds. The molecule has 29 heavy (non-hydrogen) atoms. The zero-order valence-corrected chi connectivity index (χ0v) is 17.6. The number of benzene rings is 2. The van der Waals surface area contributed by atoms with Crippen LogP contribution < -0.4 is 10.2 Å². The summed E-state index contributed by atoms with van der Waals surface area (Å²) < 4.78 is 19.1. The first kappa shape index (κ1) is 21.0. The van der Waals surface area contributed by atoms with E-state index in [1.54, 1.807) is 13.0 Å². The van der Waals surface area contributed by atoms with Gasteiger partial charge in [-0.1, -0.05) is 12.1 Å². The molecule has 0 saturated heterocycles. The van der Waals surface area contributed by atoms with Crippen LogP contribution in [0.3, 0.4) is 0 Å². The van der Waals surface area contributed by atoms with Crippen molar-refractivity contribution in [3.05, 3.63) is 65.2 Å². The zero-order valence-electron chi connectivity index (χ0n) is 17.6. The molecule has 1 atom stereocenters. The summed E-state index contributed by atoms with van der Waals surface area (Å²) in [5.41, 5.74) is 3.52. The summed E-state index contributed by atoms with van der Waals surface area (Å²) in [5.74, 6) is -0.193. The number of hydrogen-bond acceptors (Lipinski definition) is 5. The SMILES string of the molecule is Cc1c(C(=O)CNCC(c2ccc(N(C)C)cc2)N(C)C)oc2ccc(F)cc12. The van der Waals surface area contributed by atoms with Crippen LogP contribution in [0, 0.1) is 12.7 Å². The number of nitrogens with zero attached hydrogens (tertiary/aromatic N) is 2. The summed E-state index contributed by atoms with van der Waals surface area (Å²) in [6.45, 7) is 2.56. The van der Waals surface area contributed by atoms with Gasteiger partial charge in [0.2, 0.25) is 5.78 Å². The zero-order chi connectivity index (χ0) is 21.1. The molecule has 5 nitrogen and oxygen atoms in total. The lowest BCUT2D eigenvalue weighted by molar-refractivity contribution is 0.0963. The minimum absolute atomic E-state index is 0.130. The van der Waals surface area contributed by atoms with E-state index in [-0.39, 0.29) is 29.9 Å². The van der Waals surface area contributed by atoms with E-state index in [1.807, 2.05) is 28.2 Å². The fourth-order valence-electron chi connectivity index (χ4n) is 3.45. The van der Waals surface area contributed by atoms with Crippen molar-refractivity contribution in [2.75, 3.05) is 46.2 Å². The second-order valence-electron chi connectivity index (χ2n) is 7.72. The lowest BCUT2D eigenvalue weighted by atomic mass is 10.0. The fourth-order valence-corrected chi connectivity index (χ4v) is 3.45. The molecule has 0 radical (unpaired) electrons. The number of anilines is 1. The molecule has 1 unspecified atom stereocenters.